The Labute approximate surface area is 136 Å². The molecule has 0 fully saturated rings. The predicted molar refractivity (Wildman–Crippen MR) is 90.2 cm³/mol. The van der Waals surface area contributed by atoms with Crippen LogP contribution in [0.15, 0.2) is 41.7 Å². The Balaban J connectivity index is 1.87. The number of nitrogens with one attached hydrogen (secondary N) is 2. The fourth-order valence-corrected chi connectivity index (χ4v) is 2.30. The van der Waals surface area contributed by atoms with Gasteiger partial charge < -0.3 is 20.3 Å². The average molecular weight is 316 g/mol. The molecule has 1 heterocycles. The minimum atomic E-state index is 0.0223. The van der Waals surface area contributed by atoms with Gasteiger partial charge in [-0.1, -0.05) is 30.3 Å². The third-order valence-electron chi connectivity index (χ3n) is 3.68. The maximum absolute atomic E-state index is 9.59. The number of aryl methyl sites for hydroxylation is 1. The molecule has 0 saturated carbocycles. The van der Waals surface area contributed by atoms with Gasteiger partial charge in [0.2, 0.25) is 0 Å². The van der Waals surface area contributed by atoms with Gasteiger partial charge in [0.05, 0.1) is 13.2 Å². The van der Waals surface area contributed by atoms with Crippen LogP contribution in [-0.2, 0) is 13.1 Å². The lowest BCUT2D eigenvalue weighted by Gasteiger charge is -2.18. The number of nitrogens with zero attached hydrogens (tertiary/aromatic N) is 4. The lowest BCUT2D eigenvalue weighted by atomic mass is 10.0. The van der Waals surface area contributed by atoms with Gasteiger partial charge in [0.25, 0.3) is 0 Å². The molecule has 1 unspecified atom stereocenters. The molecule has 0 spiro atoms. The van der Waals surface area contributed by atoms with Gasteiger partial charge in [0.15, 0.2) is 11.8 Å². The normalized spacial score (nSPS) is 12.9. The summed E-state index contributed by atoms with van der Waals surface area (Å²) in [5.41, 5.74) is 1.10. The van der Waals surface area contributed by atoms with Gasteiger partial charge in [-0.25, -0.2) is 0 Å². The van der Waals surface area contributed by atoms with Crippen molar-refractivity contribution in [2.24, 2.45) is 4.99 Å². The van der Waals surface area contributed by atoms with Crippen LogP contribution in [0.25, 0.3) is 0 Å². The topological polar surface area (TPSA) is 87.4 Å². The molecule has 2 rings (SSSR count). The molecule has 23 heavy (non-hydrogen) atoms. The highest BCUT2D eigenvalue weighted by Crippen LogP contribution is 2.13. The van der Waals surface area contributed by atoms with Crippen LogP contribution < -0.4 is 10.6 Å². The molecule has 0 saturated heterocycles. The monoisotopic (exact) mass is 316 g/mol. The van der Waals surface area contributed by atoms with Gasteiger partial charge in [0.1, 0.15) is 6.33 Å². The largest absolute Gasteiger partial charge is 0.396 e. The molecule has 124 valence electrons. The van der Waals surface area contributed by atoms with Gasteiger partial charge in [-0.2, -0.15) is 0 Å². The summed E-state index contributed by atoms with van der Waals surface area (Å²) in [6, 6.07) is 9.95. The van der Waals surface area contributed by atoms with E-state index < -0.39 is 0 Å². The lowest BCUT2D eigenvalue weighted by Crippen LogP contribution is -2.40. The van der Waals surface area contributed by atoms with E-state index in [0.29, 0.717) is 19.0 Å². The third-order valence-corrected chi connectivity index (χ3v) is 3.68. The van der Waals surface area contributed by atoms with Crippen LogP contribution in [0.4, 0.5) is 0 Å². The summed E-state index contributed by atoms with van der Waals surface area (Å²) in [7, 11) is 1.72. The number of aromatic nitrogens is 3. The minimum absolute atomic E-state index is 0.0223. The quantitative estimate of drug-likeness (QED) is 0.518. The molecular formula is C16H24N6O. The minimum Gasteiger partial charge on any atom is -0.396 e. The van der Waals surface area contributed by atoms with E-state index in [2.05, 4.69) is 25.8 Å². The number of aliphatic hydroxyl groups excluding tert-OH is 1. The molecule has 0 amide bonds. The van der Waals surface area contributed by atoms with Gasteiger partial charge in [-0.15, -0.1) is 10.2 Å². The van der Waals surface area contributed by atoms with Crippen molar-refractivity contribution in [2.75, 3.05) is 20.2 Å². The van der Waals surface area contributed by atoms with Gasteiger partial charge in [0, 0.05) is 26.1 Å². The maximum Gasteiger partial charge on any atom is 0.191 e. The number of guanidine groups is 1. The molecule has 0 aliphatic carbocycles. The Morgan fingerprint density at radius 1 is 1.30 bits per heavy atom. The van der Waals surface area contributed by atoms with Crippen molar-refractivity contribution in [3.05, 3.63) is 48.0 Å². The van der Waals surface area contributed by atoms with Crippen molar-refractivity contribution in [1.29, 1.82) is 0 Å². The second-order valence-corrected chi connectivity index (χ2v) is 5.13. The molecule has 1 atom stereocenters. The van der Waals surface area contributed by atoms with Crippen LogP contribution in [0, 0.1) is 0 Å². The summed E-state index contributed by atoms with van der Waals surface area (Å²) in [6.07, 6.45) is 1.71. The molecule has 1 aromatic heterocycles. The van der Waals surface area contributed by atoms with Crippen LogP contribution in [0.3, 0.4) is 0 Å². The van der Waals surface area contributed by atoms with Crippen LogP contribution in [0.1, 0.15) is 24.2 Å². The summed E-state index contributed by atoms with van der Waals surface area (Å²) in [6.45, 7) is 4.10. The summed E-state index contributed by atoms with van der Waals surface area (Å²) in [5, 5.41) is 24.0. The number of hydrogen-bond donors (Lipinski definition) is 3. The lowest BCUT2D eigenvalue weighted by molar-refractivity contribution is 0.265. The summed E-state index contributed by atoms with van der Waals surface area (Å²) in [5.74, 6) is 1.55. The van der Waals surface area contributed by atoms with E-state index in [9.17, 15) is 5.11 Å². The molecule has 0 aliphatic heterocycles. The van der Waals surface area contributed by atoms with Crippen LogP contribution >= 0.6 is 0 Å². The van der Waals surface area contributed by atoms with Crippen LogP contribution in [0.5, 0.6) is 0 Å². The van der Waals surface area contributed by atoms with E-state index in [1.54, 1.807) is 13.4 Å². The molecule has 2 aromatic rings. The van der Waals surface area contributed by atoms with E-state index in [1.807, 2.05) is 41.8 Å². The Morgan fingerprint density at radius 3 is 2.74 bits per heavy atom. The van der Waals surface area contributed by atoms with E-state index >= 15 is 0 Å². The van der Waals surface area contributed by atoms with E-state index in [1.165, 1.54) is 0 Å². The summed E-state index contributed by atoms with van der Waals surface area (Å²) >= 11 is 0. The molecular weight excluding hydrogens is 292 g/mol. The van der Waals surface area contributed by atoms with Crippen molar-refractivity contribution in [2.45, 2.75) is 25.9 Å². The Morgan fingerprint density at radius 2 is 2.09 bits per heavy atom. The van der Waals surface area contributed by atoms with E-state index in [-0.39, 0.29) is 12.5 Å². The number of aliphatic imine (C=N–C) groups is 1. The second-order valence-electron chi connectivity index (χ2n) is 5.13. The number of benzene rings is 1. The van der Waals surface area contributed by atoms with Gasteiger partial charge >= 0.3 is 0 Å². The molecule has 7 nitrogen and oxygen atoms in total. The second kappa shape index (κ2) is 8.89. The third kappa shape index (κ3) is 4.79. The zero-order valence-corrected chi connectivity index (χ0v) is 13.6. The maximum atomic E-state index is 9.59. The van der Waals surface area contributed by atoms with Crippen LogP contribution in [-0.4, -0.2) is 46.0 Å². The fraction of sp³-hybridized carbons (Fsp3) is 0.438. The number of rotatable bonds is 7. The molecule has 0 aliphatic rings. The Hall–Kier alpha value is -2.41. The Kier molecular flexibility index (Phi) is 6.56. The number of hydrogen-bond acceptors (Lipinski definition) is 4. The SMILES string of the molecule is CCn1cnnc1CNC(=NC)NCC(CO)c1ccccc1. The fourth-order valence-electron chi connectivity index (χ4n) is 2.30. The van der Waals surface area contributed by atoms with E-state index in [0.717, 1.165) is 17.9 Å². The molecule has 1 aromatic carbocycles. The van der Waals surface area contributed by atoms with Crippen molar-refractivity contribution in [3.8, 4) is 0 Å². The Bertz CT molecular complexity index is 610. The molecule has 3 N–H and O–H groups in total. The van der Waals surface area contributed by atoms with Crippen LogP contribution in [0.2, 0.25) is 0 Å². The van der Waals surface area contributed by atoms with Crippen molar-refractivity contribution in [3.63, 3.8) is 0 Å². The van der Waals surface area contributed by atoms with Crippen molar-refractivity contribution in [1.82, 2.24) is 25.4 Å². The van der Waals surface area contributed by atoms with E-state index in [4.69, 9.17) is 0 Å². The predicted octanol–water partition coefficient (Wildman–Crippen LogP) is 0.739. The zero-order valence-electron chi connectivity index (χ0n) is 13.6. The van der Waals surface area contributed by atoms with Crippen molar-refractivity contribution < 1.29 is 5.11 Å². The summed E-state index contributed by atoms with van der Waals surface area (Å²) in [4.78, 5) is 4.20. The standard InChI is InChI=1S/C16H24N6O/c1-3-22-12-20-21-15(22)10-19-16(17-2)18-9-14(11-23)13-7-5-4-6-8-13/h4-8,12,14,23H,3,9-11H2,1-2H3,(H2,17,18,19). The first kappa shape index (κ1) is 17.0. The first-order valence-corrected chi connectivity index (χ1v) is 7.75. The molecule has 7 heteroatoms. The number of aliphatic hydroxyl groups is 1. The zero-order chi connectivity index (χ0) is 16.5. The van der Waals surface area contributed by atoms with Gasteiger partial charge in [-0.05, 0) is 12.5 Å². The first-order chi connectivity index (χ1) is 11.3. The first-order valence-electron chi connectivity index (χ1n) is 7.75. The highest BCUT2D eigenvalue weighted by molar-refractivity contribution is 5.79. The molecule has 0 radical (unpaired) electrons. The smallest absolute Gasteiger partial charge is 0.191 e. The van der Waals surface area contributed by atoms with Crippen molar-refractivity contribution >= 4 is 5.96 Å². The summed E-state index contributed by atoms with van der Waals surface area (Å²) < 4.78 is 1.97. The van der Waals surface area contributed by atoms with Gasteiger partial charge in [-0.3, -0.25) is 4.99 Å². The average Bonchev–Trinajstić information content (AvgIpc) is 3.06. The molecule has 0 bridgehead atoms. The highest BCUT2D eigenvalue weighted by atomic mass is 16.3. The highest BCUT2D eigenvalue weighted by Gasteiger charge is 2.11.